The number of rotatable bonds is 7. The minimum absolute atomic E-state index is 0.134. The molecule has 0 N–H and O–H groups in total. The number of carbonyl (C=O) groups excluding carboxylic acids is 1. The highest BCUT2D eigenvalue weighted by Gasteiger charge is 2.33. The summed E-state index contributed by atoms with van der Waals surface area (Å²) in [4.78, 5) is 27.2. The Bertz CT molecular complexity index is 1390. The maximum Gasteiger partial charge on any atom is 0.329 e. The highest BCUT2D eigenvalue weighted by Crippen LogP contribution is 2.32. The first kappa shape index (κ1) is 25.4. The quantitative estimate of drug-likeness (QED) is 0.323. The third-order valence-electron chi connectivity index (χ3n) is 6.78. The van der Waals surface area contributed by atoms with E-state index >= 15 is 0 Å². The molecule has 2 heterocycles. The van der Waals surface area contributed by atoms with E-state index in [1.165, 1.54) is 11.1 Å². The van der Waals surface area contributed by atoms with Crippen LogP contribution in [0.4, 0.5) is 5.82 Å². The van der Waals surface area contributed by atoms with Gasteiger partial charge in [-0.1, -0.05) is 72.8 Å². The molecule has 0 amide bonds. The van der Waals surface area contributed by atoms with Crippen LogP contribution in [0.3, 0.4) is 0 Å². The SMILES string of the molecule is CC(C)OC(=O)[C@@H](C#N)c1nc2ccccc2nc1N1CCN(C(c2ccccc2)c2ccccc2)CC1. The lowest BCUT2D eigenvalue weighted by Gasteiger charge is -2.40. The number of esters is 1. The van der Waals surface area contributed by atoms with Gasteiger partial charge in [-0.05, 0) is 37.1 Å². The number of carbonyl (C=O) groups is 1. The molecular weight excluding hydrogens is 474 g/mol. The van der Waals surface area contributed by atoms with Crippen molar-refractivity contribution in [1.29, 1.82) is 5.26 Å². The van der Waals surface area contributed by atoms with Crippen LogP contribution in [0.25, 0.3) is 11.0 Å². The van der Waals surface area contributed by atoms with Crippen LogP contribution in [0.5, 0.6) is 0 Å². The van der Waals surface area contributed by atoms with Gasteiger partial charge in [0.1, 0.15) is 5.69 Å². The molecular formula is C31H31N5O2. The second-order valence-corrected chi connectivity index (χ2v) is 9.72. The number of ether oxygens (including phenoxy) is 1. The Balaban J connectivity index is 1.46. The zero-order valence-corrected chi connectivity index (χ0v) is 21.7. The number of hydrogen-bond donors (Lipinski definition) is 0. The molecule has 4 aromatic rings. The third-order valence-corrected chi connectivity index (χ3v) is 6.78. The Morgan fingerprint density at radius 2 is 1.34 bits per heavy atom. The van der Waals surface area contributed by atoms with Gasteiger partial charge in [0.25, 0.3) is 0 Å². The number of para-hydroxylation sites is 2. The number of hydrogen-bond acceptors (Lipinski definition) is 7. The Morgan fingerprint density at radius 1 is 0.816 bits per heavy atom. The fraction of sp³-hybridized carbons (Fsp3) is 0.290. The van der Waals surface area contributed by atoms with Crippen LogP contribution in [0.1, 0.15) is 42.6 Å². The lowest BCUT2D eigenvalue weighted by Crippen LogP contribution is -2.48. The van der Waals surface area contributed by atoms with Crippen LogP contribution < -0.4 is 4.90 Å². The Labute approximate surface area is 223 Å². The van der Waals surface area contributed by atoms with Crippen molar-refractivity contribution in [2.24, 2.45) is 0 Å². The van der Waals surface area contributed by atoms with E-state index in [0.717, 1.165) is 18.6 Å². The van der Waals surface area contributed by atoms with Crippen LogP contribution in [0.2, 0.25) is 0 Å². The molecule has 1 aliphatic rings. The second-order valence-electron chi connectivity index (χ2n) is 9.72. The highest BCUT2D eigenvalue weighted by molar-refractivity contribution is 5.85. The number of benzene rings is 3. The van der Waals surface area contributed by atoms with Gasteiger partial charge in [0, 0.05) is 26.2 Å². The van der Waals surface area contributed by atoms with E-state index < -0.39 is 11.9 Å². The molecule has 0 bridgehead atoms. The smallest absolute Gasteiger partial charge is 0.329 e. The first-order chi connectivity index (χ1) is 18.5. The summed E-state index contributed by atoms with van der Waals surface area (Å²) in [7, 11) is 0. The molecule has 0 spiro atoms. The topological polar surface area (TPSA) is 82.3 Å². The van der Waals surface area contributed by atoms with E-state index in [0.29, 0.717) is 30.1 Å². The molecule has 0 saturated carbocycles. The molecule has 7 heteroatoms. The van der Waals surface area contributed by atoms with Crippen molar-refractivity contribution in [2.75, 3.05) is 31.1 Å². The zero-order valence-electron chi connectivity index (χ0n) is 21.7. The highest BCUT2D eigenvalue weighted by atomic mass is 16.5. The van der Waals surface area contributed by atoms with Gasteiger partial charge >= 0.3 is 5.97 Å². The largest absolute Gasteiger partial charge is 0.462 e. The number of aromatic nitrogens is 2. The molecule has 1 aliphatic heterocycles. The third kappa shape index (κ3) is 5.36. The van der Waals surface area contributed by atoms with Gasteiger partial charge in [0.15, 0.2) is 11.7 Å². The fourth-order valence-electron chi connectivity index (χ4n) is 5.03. The van der Waals surface area contributed by atoms with Gasteiger partial charge in [-0.25, -0.2) is 9.97 Å². The van der Waals surface area contributed by atoms with Crippen molar-refractivity contribution in [2.45, 2.75) is 31.9 Å². The summed E-state index contributed by atoms with van der Waals surface area (Å²) < 4.78 is 5.40. The number of nitrogens with zero attached hydrogens (tertiary/aromatic N) is 5. The molecule has 1 saturated heterocycles. The van der Waals surface area contributed by atoms with Crippen LogP contribution in [-0.2, 0) is 9.53 Å². The summed E-state index contributed by atoms with van der Waals surface area (Å²) in [5.41, 5.74) is 4.23. The lowest BCUT2D eigenvalue weighted by atomic mass is 9.96. The summed E-state index contributed by atoms with van der Waals surface area (Å²) in [6.07, 6.45) is -0.327. The summed E-state index contributed by atoms with van der Waals surface area (Å²) in [6, 6.07) is 30.9. The van der Waals surface area contributed by atoms with E-state index in [1.54, 1.807) is 13.8 Å². The van der Waals surface area contributed by atoms with E-state index in [1.807, 2.05) is 36.4 Å². The number of anilines is 1. The van der Waals surface area contributed by atoms with Crippen molar-refractivity contribution in [3.63, 3.8) is 0 Å². The summed E-state index contributed by atoms with van der Waals surface area (Å²) in [5.74, 6) is -1.17. The average Bonchev–Trinajstić information content (AvgIpc) is 2.94. The number of fused-ring (bicyclic) bond motifs is 1. The molecule has 1 aromatic heterocycles. The molecule has 3 aromatic carbocycles. The van der Waals surface area contributed by atoms with Crippen molar-refractivity contribution in [3.05, 3.63) is 102 Å². The fourth-order valence-corrected chi connectivity index (χ4v) is 5.03. The minimum atomic E-state index is -1.15. The van der Waals surface area contributed by atoms with Crippen LogP contribution in [0, 0.1) is 11.3 Å². The van der Waals surface area contributed by atoms with Crippen molar-refractivity contribution in [1.82, 2.24) is 14.9 Å². The van der Waals surface area contributed by atoms with Gasteiger partial charge < -0.3 is 9.64 Å². The van der Waals surface area contributed by atoms with E-state index in [2.05, 4.69) is 64.4 Å². The number of piperazine rings is 1. The molecule has 7 nitrogen and oxygen atoms in total. The standard InChI is InChI=1S/C31H31N5O2/c1-22(2)38-31(37)25(21-32)28-30(34-27-16-10-9-15-26(27)33-28)36-19-17-35(18-20-36)29(23-11-5-3-6-12-23)24-13-7-4-8-14-24/h3-16,22,25,29H,17-20H2,1-2H3/t25-/m0/s1. The predicted molar refractivity (Wildman–Crippen MR) is 148 cm³/mol. The molecule has 0 radical (unpaired) electrons. The molecule has 1 atom stereocenters. The first-order valence-corrected chi connectivity index (χ1v) is 13.0. The monoisotopic (exact) mass is 505 g/mol. The van der Waals surface area contributed by atoms with Crippen molar-refractivity contribution < 1.29 is 9.53 Å². The molecule has 1 fully saturated rings. The summed E-state index contributed by atoms with van der Waals surface area (Å²) in [5, 5.41) is 9.98. The Hall–Kier alpha value is -4.28. The number of nitriles is 1. The lowest BCUT2D eigenvalue weighted by molar-refractivity contribution is -0.147. The van der Waals surface area contributed by atoms with Gasteiger partial charge in [-0.2, -0.15) is 5.26 Å². The van der Waals surface area contributed by atoms with Gasteiger partial charge in [0.2, 0.25) is 0 Å². The van der Waals surface area contributed by atoms with Gasteiger partial charge in [0.05, 0.1) is 29.2 Å². The molecule has 5 rings (SSSR count). The molecule has 0 aliphatic carbocycles. The van der Waals surface area contributed by atoms with Crippen LogP contribution in [-0.4, -0.2) is 53.1 Å². The predicted octanol–water partition coefficient (Wildman–Crippen LogP) is 5.10. The maximum absolute atomic E-state index is 12.9. The normalized spacial score (nSPS) is 15.0. The minimum Gasteiger partial charge on any atom is -0.462 e. The first-order valence-electron chi connectivity index (χ1n) is 13.0. The summed E-state index contributed by atoms with van der Waals surface area (Å²) >= 11 is 0. The zero-order chi connectivity index (χ0) is 26.5. The Morgan fingerprint density at radius 3 is 1.87 bits per heavy atom. The van der Waals surface area contributed by atoms with Crippen molar-refractivity contribution in [3.8, 4) is 6.07 Å². The van der Waals surface area contributed by atoms with E-state index in [9.17, 15) is 10.1 Å². The van der Waals surface area contributed by atoms with Crippen molar-refractivity contribution >= 4 is 22.8 Å². The molecule has 38 heavy (non-hydrogen) atoms. The van der Waals surface area contributed by atoms with Crippen LogP contribution >= 0.6 is 0 Å². The second kappa shape index (κ2) is 11.4. The van der Waals surface area contributed by atoms with Crippen LogP contribution in [0.15, 0.2) is 84.9 Å². The maximum atomic E-state index is 12.9. The van der Waals surface area contributed by atoms with Gasteiger partial charge in [-0.15, -0.1) is 0 Å². The van der Waals surface area contributed by atoms with E-state index in [-0.39, 0.29) is 12.1 Å². The van der Waals surface area contributed by atoms with Gasteiger partial charge in [-0.3, -0.25) is 9.69 Å². The molecule has 0 unspecified atom stereocenters. The summed E-state index contributed by atoms with van der Waals surface area (Å²) in [6.45, 7) is 6.50. The van der Waals surface area contributed by atoms with E-state index in [4.69, 9.17) is 14.7 Å². The Kier molecular flexibility index (Phi) is 7.62. The average molecular weight is 506 g/mol. The molecule has 192 valence electrons.